The largest absolute Gasteiger partial charge is 0.491 e. The molecule has 1 aliphatic rings. The Morgan fingerprint density at radius 3 is 2.65 bits per heavy atom. The van der Waals surface area contributed by atoms with Gasteiger partial charge in [-0.2, -0.15) is 0 Å². The molecule has 0 saturated heterocycles. The minimum Gasteiger partial charge on any atom is -0.491 e. The molecule has 3 rings (SSSR count). The zero-order valence-corrected chi connectivity index (χ0v) is 11.8. The summed E-state index contributed by atoms with van der Waals surface area (Å²) in [5.41, 5.74) is 1.17. The van der Waals surface area contributed by atoms with E-state index in [1.807, 2.05) is 42.5 Å². The summed E-state index contributed by atoms with van der Waals surface area (Å²) in [6, 6.07) is 16.5. The molecule has 1 atom stereocenters. The molecular formula is C17H19NO2. The highest BCUT2D eigenvalue weighted by Gasteiger charge is 2.25. The van der Waals surface area contributed by atoms with Gasteiger partial charge < -0.3 is 14.8 Å². The Hall–Kier alpha value is -2.00. The van der Waals surface area contributed by atoms with Crippen LogP contribution in [0.2, 0.25) is 0 Å². The van der Waals surface area contributed by atoms with Crippen molar-refractivity contribution in [1.29, 1.82) is 0 Å². The summed E-state index contributed by atoms with van der Waals surface area (Å²) in [5.74, 6) is 2.64. The van der Waals surface area contributed by atoms with Gasteiger partial charge in [-0.15, -0.1) is 0 Å². The fourth-order valence-electron chi connectivity index (χ4n) is 2.42. The van der Waals surface area contributed by atoms with Gasteiger partial charge in [0.2, 0.25) is 0 Å². The lowest BCUT2D eigenvalue weighted by Gasteiger charge is -2.15. The molecule has 0 amide bonds. The van der Waals surface area contributed by atoms with Gasteiger partial charge in [-0.05, 0) is 30.3 Å². The number of para-hydroxylation sites is 1. The van der Waals surface area contributed by atoms with Gasteiger partial charge in [-0.3, -0.25) is 0 Å². The topological polar surface area (TPSA) is 30.5 Å². The molecule has 3 heteroatoms. The first-order valence-electron chi connectivity index (χ1n) is 6.98. The lowest BCUT2D eigenvalue weighted by Crippen LogP contribution is -2.28. The molecule has 0 saturated carbocycles. The standard InChI is InChI=1S/C17H19NO2/c1-12(2)18-16-11-19-17-9-8-14(10-15(16)17)20-13-6-4-3-5-7-13/h3-10,12,16,18H,11H2,1-2H3. The van der Waals surface area contributed by atoms with E-state index in [0.29, 0.717) is 12.6 Å². The maximum Gasteiger partial charge on any atom is 0.128 e. The van der Waals surface area contributed by atoms with Gasteiger partial charge in [-0.1, -0.05) is 32.0 Å². The maximum absolute atomic E-state index is 5.87. The van der Waals surface area contributed by atoms with Crippen LogP contribution >= 0.6 is 0 Å². The second kappa shape index (κ2) is 5.55. The van der Waals surface area contributed by atoms with Gasteiger partial charge in [0, 0.05) is 11.6 Å². The molecule has 0 spiro atoms. The Morgan fingerprint density at radius 1 is 1.10 bits per heavy atom. The maximum atomic E-state index is 5.87. The third-order valence-electron chi connectivity index (χ3n) is 3.28. The molecule has 20 heavy (non-hydrogen) atoms. The number of benzene rings is 2. The molecule has 0 radical (unpaired) electrons. The molecule has 1 N–H and O–H groups in total. The van der Waals surface area contributed by atoms with Gasteiger partial charge in [0.05, 0.1) is 6.04 Å². The van der Waals surface area contributed by atoms with E-state index < -0.39 is 0 Å². The highest BCUT2D eigenvalue weighted by atomic mass is 16.5. The minimum absolute atomic E-state index is 0.240. The average molecular weight is 269 g/mol. The molecule has 0 aromatic heterocycles. The number of rotatable bonds is 4. The molecule has 0 bridgehead atoms. The Balaban J connectivity index is 1.82. The zero-order valence-electron chi connectivity index (χ0n) is 11.8. The number of hydrogen-bond acceptors (Lipinski definition) is 3. The van der Waals surface area contributed by atoms with Gasteiger partial charge in [0.25, 0.3) is 0 Å². The number of fused-ring (bicyclic) bond motifs is 1. The van der Waals surface area contributed by atoms with Crippen molar-refractivity contribution < 1.29 is 9.47 Å². The summed E-state index contributed by atoms with van der Waals surface area (Å²) in [6.07, 6.45) is 0. The molecule has 1 heterocycles. The van der Waals surface area contributed by atoms with Crippen LogP contribution in [0.15, 0.2) is 48.5 Å². The van der Waals surface area contributed by atoms with E-state index >= 15 is 0 Å². The first-order chi connectivity index (χ1) is 9.72. The van der Waals surface area contributed by atoms with Crippen molar-refractivity contribution in [2.45, 2.75) is 25.9 Å². The summed E-state index contributed by atoms with van der Waals surface area (Å²) in [6.45, 7) is 4.97. The van der Waals surface area contributed by atoms with Crippen LogP contribution in [-0.2, 0) is 0 Å². The van der Waals surface area contributed by atoms with Crippen LogP contribution in [-0.4, -0.2) is 12.6 Å². The van der Waals surface area contributed by atoms with E-state index in [2.05, 4.69) is 25.2 Å². The Morgan fingerprint density at radius 2 is 1.90 bits per heavy atom. The first-order valence-corrected chi connectivity index (χ1v) is 6.98. The van der Waals surface area contributed by atoms with Crippen LogP contribution in [0.1, 0.15) is 25.5 Å². The summed E-state index contributed by atoms with van der Waals surface area (Å²) in [4.78, 5) is 0. The van der Waals surface area contributed by atoms with Crippen molar-refractivity contribution >= 4 is 0 Å². The molecular weight excluding hydrogens is 250 g/mol. The summed E-state index contributed by atoms with van der Waals surface area (Å²) < 4.78 is 11.6. The van der Waals surface area contributed by atoms with E-state index in [0.717, 1.165) is 17.2 Å². The van der Waals surface area contributed by atoms with Crippen LogP contribution in [0.5, 0.6) is 17.2 Å². The fraction of sp³-hybridized carbons (Fsp3) is 0.294. The van der Waals surface area contributed by atoms with Crippen LogP contribution in [0.25, 0.3) is 0 Å². The van der Waals surface area contributed by atoms with Crippen molar-refractivity contribution in [2.75, 3.05) is 6.61 Å². The summed E-state index contributed by atoms with van der Waals surface area (Å²) >= 11 is 0. The van der Waals surface area contributed by atoms with Crippen LogP contribution in [0.3, 0.4) is 0 Å². The number of hydrogen-bond donors (Lipinski definition) is 1. The molecule has 2 aromatic carbocycles. The zero-order chi connectivity index (χ0) is 13.9. The Bertz CT molecular complexity index is 581. The normalized spacial score (nSPS) is 16.9. The van der Waals surface area contributed by atoms with E-state index in [-0.39, 0.29) is 6.04 Å². The quantitative estimate of drug-likeness (QED) is 0.912. The highest BCUT2D eigenvalue weighted by molar-refractivity contribution is 5.46. The third kappa shape index (κ3) is 2.78. The van der Waals surface area contributed by atoms with E-state index in [1.54, 1.807) is 0 Å². The SMILES string of the molecule is CC(C)NC1COc2ccc(Oc3ccccc3)cc21. The molecule has 1 unspecified atom stereocenters. The minimum atomic E-state index is 0.240. The highest BCUT2D eigenvalue weighted by Crippen LogP contribution is 2.36. The van der Waals surface area contributed by atoms with E-state index in [1.165, 1.54) is 5.56 Å². The molecule has 3 nitrogen and oxygen atoms in total. The van der Waals surface area contributed by atoms with Crippen molar-refractivity contribution in [3.05, 3.63) is 54.1 Å². The van der Waals surface area contributed by atoms with E-state index in [9.17, 15) is 0 Å². The van der Waals surface area contributed by atoms with E-state index in [4.69, 9.17) is 9.47 Å². The number of ether oxygens (including phenoxy) is 2. The van der Waals surface area contributed by atoms with Gasteiger partial charge in [0.15, 0.2) is 0 Å². The second-order valence-electron chi connectivity index (χ2n) is 5.30. The van der Waals surface area contributed by atoms with Gasteiger partial charge in [0.1, 0.15) is 23.9 Å². The van der Waals surface area contributed by atoms with Crippen LogP contribution in [0, 0.1) is 0 Å². The van der Waals surface area contributed by atoms with Gasteiger partial charge >= 0.3 is 0 Å². The summed E-state index contributed by atoms with van der Waals surface area (Å²) in [5, 5.41) is 3.51. The van der Waals surface area contributed by atoms with Crippen LogP contribution in [0.4, 0.5) is 0 Å². The van der Waals surface area contributed by atoms with Gasteiger partial charge in [-0.25, -0.2) is 0 Å². The number of nitrogens with one attached hydrogen (secondary N) is 1. The second-order valence-corrected chi connectivity index (χ2v) is 5.30. The fourth-order valence-corrected chi connectivity index (χ4v) is 2.42. The smallest absolute Gasteiger partial charge is 0.128 e. The van der Waals surface area contributed by atoms with Crippen molar-refractivity contribution in [2.24, 2.45) is 0 Å². The predicted octanol–water partition coefficient (Wildman–Crippen LogP) is 3.91. The Labute approximate surface area is 119 Å². The van der Waals surface area contributed by atoms with Crippen molar-refractivity contribution in [3.8, 4) is 17.2 Å². The molecule has 0 aliphatic carbocycles. The monoisotopic (exact) mass is 269 g/mol. The molecule has 0 fully saturated rings. The summed E-state index contributed by atoms with van der Waals surface area (Å²) in [7, 11) is 0. The Kier molecular flexibility index (Phi) is 3.61. The average Bonchev–Trinajstić information content (AvgIpc) is 2.82. The van der Waals surface area contributed by atoms with Crippen molar-refractivity contribution in [1.82, 2.24) is 5.32 Å². The lowest BCUT2D eigenvalue weighted by atomic mass is 10.1. The molecule has 2 aromatic rings. The predicted molar refractivity (Wildman–Crippen MR) is 79.5 cm³/mol. The lowest BCUT2D eigenvalue weighted by molar-refractivity contribution is 0.303. The molecule has 1 aliphatic heterocycles. The van der Waals surface area contributed by atoms with Crippen LogP contribution < -0.4 is 14.8 Å². The molecule has 104 valence electrons. The third-order valence-corrected chi connectivity index (χ3v) is 3.28. The first kappa shape index (κ1) is 13.0. The van der Waals surface area contributed by atoms with Crippen molar-refractivity contribution in [3.63, 3.8) is 0 Å².